The van der Waals surface area contributed by atoms with Crippen molar-refractivity contribution >= 4 is 29.7 Å². The summed E-state index contributed by atoms with van der Waals surface area (Å²) < 4.78 is 31.9. The highest BCUT2D eigenvalue weighted by Gasteiger charge is 2.56. The molecule has 0 bridgehead atoms. The molecule has 234 valence electrons. The average molecular weight is 612 g/mol. The number of amides is 2. The van der Waals surface area contributed by atoms with Crippen LogP contribution in [-0.2, 0) is 33.3 Å². The molecule has 44 heavy (non-hydrogen) atoms. The quantitative estimate of drug-likeness (QED) is 0.116. The summed E-state index contributed by atoms with van der Waals surface area (Å²) in [5.74, 6) is -5.04. The molecule has 0 spiro atoms. The number of methoxy groups -OCH3 is 1. The van der Waals surface area contributed by atoms with Crippen molar-refractivity contribution in [2.75, 3.05) is 33.5 Å². The van der Waals surface area contributed by atoms with Crippen LogP contribution in [0.25, 0.3) is 0 Å². The number of aliphatic hydroxyl groups excluding tert-OH is 1. The van der Waals surface area contributed by atoms with Gasteiger partial charge in [0.25, 0.3) is 0 Å². The van der Waals surface area contributed by atoms with Gasteiger partial charge >= 0.3 is 17.9 Å². The second kappa shape index (κ2) is 14.7. The number of hydrogen-bond donors (Lipinski definition) is 1. The first-order valence-electron chi connectivity index (χ1n) is 13.9. The Bertz CT molecular complexity index is 1400. The maximum atomic E-state index is 13.6. The summed E-state index contributed by atoms with van der Waals surface area (Å²) in [5, 5.41) is 9.38. The monoisotopic (exact) mass is 611 g/mol. The van der Waals surface area contributed by atoms with Crippen molar-refractivity contribution in [2.45, 2.75) is 32.7 Å². The molecule has 1 fully saturated rings. The number of hydrogen-bond acceptors (Lipinski definition) is 12. The molecule has 4 unspecified atom stereocenters. The van der Waals surface area contributed by atoms with Crippen molar-refractivity contribution in [3.63, 3.8) is 0 Å². The van der Waals surface area contributed by atoms with E-state index in [1.54, 1.807) is 0 Å². The third-order valence-electron chi connectivity index (χ3n) is 6.81. The fourth-order valence-electron chi connectivity index (χ4n) is 4.84. The number of nitrogens with zero attached hydrogens (tertiary/aromatic N) is 1. The van der Waals surface area contributed by atoms with Crippen molar-refractivity contribution in [1.82, 2.24) is 4.90 Å². The molecule has 4 atom stereocenters. The van der Waals surface area contributed by atoms with Gasteiger partial charge < -0.3 is 33.5 Å². The van der Waals surface area contributed by atoms with Gasteiger partial charge in [-0.15, -0.1) is 0 Å². The number of aliphatic hydroxyl groups is 1. The Morgan fingerprint density at radius 1 is 0.886 bits per heavy atom. The summed E-state index contributed by atoms with van der Waals surface area (Å²) in [6, 6.07) is 11.5. The van der Waals surface area contributed by atoms with E-state index in [0.29, 0.717) is 12.4 Å². The van der Waals surface area contributed by atoms with E-state index in [9.17, 15) is 29.1 Å². The lowest BCUT2D eigenvalue weighted by molar-refractivity contribution is -0.141. The number of imide groups is 1. The maximum Gasteiger partial charge on any atom is 0.343 e. The zero-order valence-electron chi connectivity index (χ0n) is 24.4. The molecule has 0 radical (unpaired) electrons. The highest BCUT2D eigenvalue weighted by atomic mass is 16.6. The molecule has 13 heteroatoms. The van der Waals surface area contributed by atoms with Crippen molar-refractivity contribution in [1.29, 1.82) is 0 Å². The lowest BCUT2D eigenvalue weighted by Crippen LogP contribution is -2.39. The summed E-state index contributed by atoms with van der Waals surface area (Å²) in [6.45, 7) is 3.29. The van der Waals surface area contributed by atoms with Crippen LogP contribution in [0.15, 0.2) is 60.4 Å². The number of ether oxygens (including phenoxy) is 6. The van der Waals surface area contributed by atoms with Gasteiger partial charge in [-0.2, -0.15) is 0 Å². The van der Waals surface area contributed by atoms with Gasteiger partial charge in [0, 0.05) is 20.5 Å². The molecule has 0 saturated carbocycles. The highest BCUT2D eigenvalue weighted by Crippen LogP contribution is 2.41. The van der Waals surface area contributed by atoms with Crippen LogP contribution in [0, 0.1) is 11.8 Å². The van der Waals surface area contributed by atoms with Gasteiger partial charge in [0.05, 0.1) is 43.4 Å². The molecule has 1 N–H and O–H groups in total. The van der Waals surface area contributed by atoms with Crippen LogP contribution >= 0.6 is 0 Å². The van der Waals surface area contributed by atoms with Crippen LogP contribution in [0.5, 0.6) is 11.5 Å². The van der Waals surface area contributed by atoms with E-state index in [1.807, 2.05) is 0 Å². The minimum Gasteiger partial charge on any atom is -0.465 e. The van der Waals surface area contributed by atoms with Gasteiger partial charge in [0.2, 0.25) is 11.8 Å². The highest BCUT2D eigenvalue weighted by molar-refractivity contribution is 6.07. The Balaban J connectivity index is 1.53. The molecule has 1 aliphatic carbocycles. The number of benzene rings is 2. The standard InChI is InChI=1S/C31H33NO12/c1-18(33)41-22-8-4-20(5-9-22)30(37)43-24-12-13-25(44-31(38)21-6-10-23(11-7-21)42-19(2)34)27-26(24)28(35)32(29(27)36)14-15-40-17-16-39-3/h4-12,19,25-27,34H,13-17H2,1-3H3. The van der Waals surface area contributed by atoms with Crippen LogP contribution < -0.4 is 9.47 Å². The number of rotatable bonds is 13. The summed E-state index contributed by atoms with van der Waals surface area (Å²) in [5.41, 5.74) is 0.285. The van der Waals surface area contributed by atoms with Gasteiger partial charge in [-0.05, 0) is 61.5 Å². The zero-order chi connectivity index (χ0) is 31.8. The molecule has 2 aromatic rings. The Labute approximate surface area is 253 Å². The number of carbonyl (C=O) groups is 5. The Morgan fingerprint density at radius 2 is 1.52 bits per heavy atom. The molecule has 13 nitrogen and oxygen atoms in total. The van der Waals surface area contributed by atoms with Gasteiger partial charge in [0.15, 0.2) is 6.29 Å². The molecule has 2 aromatic carbocycles. The summed E-state index contributed by atoms with van der Waals surface area (Å²) >= 11 is 0. The smallest absolute Gasteiger partial charge is 0.343 e. The second-order valence-corrected chi connectivity index (χ2v) is 9.97. The number of carbonyl (C=O) groups excluding carboxylic acids is 5. The molecule has 1 aliphatic heterocycles. The van der Waals surface area contributed by atoms with E-state index >= 15 is 0 Å². The zero-order valence-corrected chi connectivity index (χ0v) is 24.4. The lowest BCUT2D eigenvalue weighted by atomic mass is 9.82. The Kier molecular flexibility index (Phi) is 10.8. The third-order valence-corrected chi connectivity index (χ3v) is 6.81. The fourth-order valence-corrected chi connectivity index (χ4v) is 4.84. The van der Waals surface area contributed by atoms with Gasteiger partial charge in [-0.25, -0.2) is 9.59 Å². The molecule has 2 amide bonds. The van der Waals surface area contributed by atoms with E-state index in [1.165, 1.54) is 75.6 Å². The maximum absolute atomic E-state index is 13.6. The Morgan fingerprint density at radius 3 is 2.14 bits per heavy atom. The second-order valence-electron chi connectivity index (χ2n) is 9.97. The van der Waals surface area contributed by atoms with Crippen molar-refractivity contribution < 1.29 is 57.5 Å². The normalized spacial score (nSPS) is 20.0. The number of likely N-dealkylation sites (tertiary alicyclic amines) is 1. The van der Waals surface area contributed by atoms with Crippen molar-refractivity contribution in [3.8, 4) is 11.5 Å². The minimum absolute atomic E-state index is 0.00132. The van der Waals surface area contributed by atoms with E-state index < -0.39 is 54.0 Å². The topological polar surface area (TPSA) is 164 Å². The van der Waals surface area contributed by atoms with E-state index in [0.717, 1.165) is 4.90 Å². The third kappa shape index (κ3) is 7.86. The summed E-state index contributed by atoms with van der Waals surface area (Å²) in [6.07, 6.45) is -0.599. The lowest BCUT2D eigenvalue weighted by Gasteiger charge is -2.29. The average Bonchev–Trinajstić information content (AvgIpc) is 3.24. The van der Waals surface area contributed by atoms with Crippen LogP contribution in [0.1, 0.15) is 41.0 Å². The first-order valence-corrected chi connectivity index (χ1v) is 13.9. The number of fused-ring (bicyclic) bond motifs is 1. The van der Waals surface area contributed by atoms with Crippen molar-refractivity contribution in [3.05, 3.63) is 71.5 Å². The van der Waals surface area contributed by atoms with E-state index in [4.69, 9.17) is 28.4 Å². The number of esters is 3. The molecule has 1 saturated heterocycles. The van der Waals surface area contributed by atoms with E-state index in [2.05, 4.69) is 0 Å². The van der Waals surface area contributed by atoms with Crippen molar-refractivity contribution in [2.24, 2.45) is 11.8 Å². The first kappa shape index (κ1) is 32.3. The van der Waals surface area contributed by atoms with Crippen LogP contribution in [-0.4, -0.2) is 85.6 Å². The van der Waals surface area contributed by atoms with E-state index in [-0.39, 0.29) is 48.8 Å². The van der Waals surface area contributed by atoms with Crippen LogP contribution in [0.3, 0.4) is 0 Å². The molecule has 4 rings (SSSR count). The molecule has 0 aromatic heterocycles. The van der Waals surface area contributed by atoms with Crippen LogP contribution in [0.2, 0.25) is 0 Å². The minimum atomic E-state index is -1.21. The van der Waals surface area contributed by atoms with Gasteiger partial charge in [0.1, 0.15) is 29.3 Å². The molecular weight excluding hydrogens is 578 g/mol. The molecule has 2 aliphatic rings. The Hall–Kier alpha value is -4.59. The molecule has 1 heterocycles. The van der Waals surface area contributed by atoms with Gasteiger partial charge in [-0.1, -0.05) is 0 Å². The molecular formula is C31H33NO12. The predicted molar refractivity (Wildman–Crippen MR) is 150 cm³/mol. The summed E-state index contributed by atoms with van der Waals surface area (Å²) in [4.78, 5) is 65.3. The SMILES string of the molecule is COCCOCCN1C(=O)C2C(OC(=O)c3ccc(OC(C)=O)cc3)=CCC(OC(=O)c3ccc(OC(C)O)cc3)C2C1=O. The fraction of sp³-hybridized carbons (Fsp3) is 0.387. The van der Waals surface area contributed by atoms with Gasteiger partial charge in [-0.3, -0.25) is 19.3 Å². The predicted octanol–water partition coefficient (Wildman–Crippen LogP) is 2.26. The first-order chi connectivity index (χ1) is 21.1. The van der Waals surface area contributed by atoms with Crippen LogP contribution in [0.4, 0.5) is 0 Å². The largest absolute Gasteiger partial charge is 0.465 e. The summed E-state index contributed by atoms with van der Waals surface area (Å²) in [7, 11) is 1.52.